The first-order chi connectivity index (χ1) is 9.90. The molecule has 0 atom stereocenters. The summed E-state index contributed by atoms with van der Waals surface area (Å²) in [6, 6.07) is 5.93. The Balaban J connectivity index is 1.85. The van der Waals surface area contributed by atoms with E-state index >= 15 is 0 Å². The van der Waals surface area contributed by atoms with Crippen molar-refractivity contribution in [2.75, 3.05) is 20.3 Å². The summed E-state index contributed by atoms with van der Waals surface area (Å²) < 4.78 is 12.4. The summed E-state index contributed by atoms with van der Waals surface area (Å²) in [7, 11) is 1.68. The second-order valence-corrected chi connectivity index (χ2v) is 4.39. The molecule has 0 bridgehead atoms. The average Bonchev–Trinajstić information content (AvgIpc) is 3.09. The van der Waals surface area contributed by atoms with Crippen molar-refractivity contribution in [2.24, 2.45) is 0 Å². The monoisotopic (exact) mass is 272 g/mol. The fourth-order valence-corrected chi connectivity index (χ4v) is 2.10. The largest absolute Gasteiger partial charge is 0.443 e. The zero-order chi connectivity index (χ0) is 13.8. The molecule has 0 saturated carbocycles. The number of rotatable bonds is 6. The minimum Gasteiger partial charge on any atom is -0.443 e. The van der Waals surface area contributed by atoms with Gasteiger partial charge < -0.3 is 14.5 Å². The SMILES string of the molecule is COCCNCc1ncoc1-c1cnn2ccccc12. The van der Waals surface area contributed by atoms with Crippen LogP contribution in [0.2, 0.25) is 0 Å². The molecule has 104 valence electrons. The molecule has 3 aromatic heterocycles. The molecule has 6 heteroatoms. The summed E-state index contributed by atoms with van der Waals surface area (Å²) in [4.78, 5) is 4.27. The van der Waals surface area contributed by atoms with Gasteiger partial charge in [0.2, 0.25) is 0 Å². The average molecular weight is 272 g/mol. The lowest BCUT2D eigenvalue weighted by molar-refractivity contribution is 0.199. The van der Waals surface area contributed by atoms with Crippen LogP contribution in [0.5, 0.6) is 0 Å². The molecule has 0 aromatic carbocycles. The standard InChI is InChI=1S/C14H16N4O2/c1-19-7-5-15-9-12-14(20-10-16-12)11-8-17-18-6-3-2-4-13(11)18/h2-4,6,8,10,15H,5,7,9H2,1H3. The highest BCUT2D eigenvalue weighted by Gasteiger charge is 2.14. The van der Waals surface area contributed by atoms with E-state index in [2.05, 4.69) is 15.4 Å². The fraction of sp³-hybridized carbons (Fsp3) is 0.286. The Morgan fingerprint density at radius 3 is 3.25 bits per heavy atom. The number of ether oxygens (including phenoxy) is 1. The lowest BCUT2D eigenvalue weighted by atomic mass is 10.2. The van der Waals surface area contributed by atoms with Crippen LogP contribution in [0, 0.1) is 0 Å². The number of aromatic nitrogens is 3. The van der Waals surface area contributed by atoms with Crippen LogP contribution in [0.3, 0.4) is 0 Å². The van der Waals surface area contributed by atoms with E-state index in [0.29, 0.717) is 13.2 Å². The van der Waals surface area contributed by atoms with Crippen molar-refractivity contribution < 1.29 is 9.15 Å². The third-order valence-corrected chi connectivity index (χ3v) is 3.09. The van der Waals surface area contributed by atoms with Gasteiger partial charge in [0.1, 0.15) is 5.69 Å². The molecule has 0 aliphatic rings. The second kappa shape index (κ2) is 5.85. The molecule has 0 radical (unpaired) electrons. The van der Waals surface area contributed by atoms with E-state index in [4.69, 9.17) is 9.15 Å². The van der Waals surface area contributed by atoms with Crippen molar-refractivity contribution in [2.45, 2.75) is 6.54 Å². The third kappa shape index (κ3) is 2.43. The highest BCUT2D eigenvalue weighted by Crippen LogP contribution is 2.27. The van der Waals surface area contributed by atoms with Gasteiger partial charge in [-0.15, -0.1) is 0 Å². The Kier molecular flexibility index (Phi) is 3.76. The number of pyridine rings is 1. The molecule has 0 aliphatic heterocycles. The van der Waals surface area contributed by atoms with E-state index in [9.17, 15) is 0 Å². The molecule has 20 heavy (non-hydrogen) atoms. The van der Waals surface area contributed by atoms with E-state index in [-0.39, 0.29) is 0 Å². The number of hydrogen-bond acceptors (Lipinski definition) is 5. The number of fused-ring (bicyclic) bond motifs is 1. The minimum atomic E-state index is 0.638. The normalized spacial score (nSPS) is 11.2. The third-order valence-electron chi connectivity index (χ3n) is 3.09. The van der Waals surface area contributed by atoms with Crippen LogP contribution in [-0.2, 0) is 11.3 Å². The van der Waals surface area contributed by atoms with Gasteiger partial charge in [-0.3, -0.25) is 0 Å². The first-order valence-corrected chi connectivity index (χ1v) is 6.45. The van der Waals surface area contributed by atoms with Gasteiger partial charge in [0.25, 0.3) is 0 Å². The Labute approximate surface area is 116 Å². The van der Waals surface area contributed by atoms with Gasteiger partial charge >= 0.3 is 0 Å². The van der Waals surface area contributed by atoms with Crippen LogP contribution in [0.4, 0.5) is 0 Å². The lowest BCUT2D eigenvalue weighted by Crippen LogP contribution is -2.19. The summed E-state index contributed by atoms with van der Waals surface area (Å²) in [6.07, 6.45) is 5.18. The molecular weight excluding hydrogens is 256 g/mol. The Morgan fingerprint density at radius 2 is 2.35 bits per heavy atom. The van der Waals surface area contributed by atoms with Gasteiger partial charge in [-0.1, -0.05) is 6.07 Å². The Morgan fingerprint density at radius 1 is 1.40 bits per heavy atom. The maximum Gasteiger partial charge on any atom is 0.181 e. The molecule has 3 rings (SSSR count). The van der Waals surface area contributed by atoms with Gasteiger partial charge in [-0.25, -0.2) is 9.50 Å². The maximum absolute atomic E-state index is 5.54. The van der Waals surface area contributed by atoms with Gasteiger partial charge in [0.05, 0.1) is 23.9 Å². The second-order valence-electron chi connectivity index (χ2n) is 4.39. The van der Waals surface area contributed by atoms with Crippen LogP contribution >= 0.6 is 0 Å². The van der Waals surface area contributed by atoms with Crippen LogP contribution in [-0.4, -0.2) is 34.9 Å². The molecule has 0 unspecified atom stereocenters. The molecule has 6 nitrogen and oxygen atoms in total. The van der Waals surface area contributed by atoms with Gasteiger partial charge in [0.15, 0.2) is 12.2 Å². The molecule has 0 amide bonds. The number of nitrogens with one attached hydrogen (secondary N) is 1. The van der Waals surface area contributed by atoms with E-state index in [1.54, 1.807) is 13.3 Å². The van der Waals surface area contributed by atoms with Crippen molar-refractivity contribution in [1.29, 1.82) is 0 Å². The number of nitrogens with zero attached hydrogens (tertiary/aromatic N) is 3. The Bertz CT molecular complexity index is 689. The van der Waals surface area contributed by atoms with Crippen LogP contribution in [0.15, 0.2) is 41.4 Å². The number of methoxy groups -OCH3 is 1. The van der Waals surface area contributed by atoms with E-state index in [1.807, 2.05) is 28.9 Å². The van der Waals surface area contributed by atoms with Gasteiger partial charge in [-0.2, -0.15) is 5.10 Å². The van der Waals surface area contributed by atoms with Crippen molar-refractivity contribution in [3.05, 3.63) is 42.7 Å². The van der Waals surface area contributed by atoms with Crippen molar-refractivity contribution in [3.8, 4) is 11.3 Å². The molecule has 0 aliphatic carbocycles. The van der Waals surface area contributed by atoms with Crippen molar-refractivity contribution in [1.82, 2.24) is 19.9 Å². The highest BCUT2D eigenvalue weighted by molar-refractivity contribution is 5.77. The molecular formula is C14H16N4O2. The maximum atomic E-state index is 5.54. The molecule has 0 fully saturated rings. The molecule has 3 heterocycles. The van der Waals surface area contributed by atoms with Crippen LogP contribution in [0.25, 0.3) is 16.8 Å². The first kappa shape index (κ1) is 12.8. The minimum absolute atomic E-state index is 0.638. The van der Waals surface area contributed by atoms with E-state index in [1.165, 1.54) is 6.39 Å². The van der Waals surface area contributed by atoms with Crippen LogP contribution < -0.4 is 5.32 Å². The topological polar surface area (TPSA) is 64.6 Å². The zero-order valence-corrected chi connectivity index (χ0v) is 11.2. The van der Waals surface area contributed by atoms with Crippen molar-refractivity contribution in [3.63, 3.8) is 0 Å². The fourth-order valence-electron chi connectivity index (χ4n) is 2.10. The Hall–Kier alpha value is -2.18. The molecule has 3 aromatic rings. The smallest absolute Gasteiger partial charge is 0.181 e. The summed E-state index contributed by atoms with van der Waals surface area (Å²) >= 11 is 0. The zero-order valence-electron chi connectivity index (χ0n) is 11.2. The van der Waals surface area contributed by atoms with Crippen molar-refractivity contribution >= 4 is 5.52 Å². The number of hydrogen-bond donors (Lipinski definition) is 1. The first-order valence-electron chi connectivity index (χ1n) is 6.45. The predicted molar refractivity (Wildman–Crippen MR) is 74.3 cm³/mol. The lowest BCUT2D eigenvalue weighted by Gasteiger charge is -2.03. The summed E-state index contributed by atoms with van der Waals surface area (Å²) in [5.41, 5.74) is 2.83. The molecule has 1 N–H and O–H groups in total. The van der Waals surface area contributed by atoms with Gasteiger partial charge in [-0.05, 0) is 12.1 Å². The summed E-state index contributed by atoms with van der Waals surface area (Å²) in [5, 5.41) is 7.58. The van der Waals surface area contributed by atoms with Crippen LogP contribution in [0.1, 0.15) is 5.69 Å². The molecule has 0 spiro atoms. The number of oxazole rings is 1. The summed E-state index contributed by atoms with van der Waals surface area (Å²) in [5.74, 6) is 0.760. The molecule has 0 saturated heterocycles. The summed E-state index contributed by atoms with van der Waals surface area (Å²) in [6.45, 7) is 2.08. The van der Waals surface area contributed by atoms with E-state index in [0.717, 1.165) is 29.1 Å². The predicted octanol–water partition coefficient (Wildman–Crippen LogP) is 1.73. The van der Waals surface area contributed by atoms with E-state index < -0.39 is 0 Å². The highest BCUT2D eigenvalue weighted by atomic mass is 16.5. The van der Waals surface area contributed by atoms with Gasteiger partial charge in [0, 0.05) is 26.4 Å². The quantitative estimate of drug-likeness (QED) is 0.692.